The first-order chi connectivity index (χ1) is 4.48. The van der Waals surface area contributed by atoms with Crippen molar-refractivity contribution in [2.45, 2.75) is 32.4 Å². The van der Waals surface area contributed by atoms with Gasteiger partial charge in [-0.05, 0) is 25.7 Å². The lowest BCUT2D eigenvalue weighted by molar-refractivity contribution is 0.00951. The van der Waals surface area contributed by atoms with Gasteiger partial charge in [0.15, 0.2) is 0 Å². The van der Waals surface area contributed by atoms with Crippen LogP contribution in [0.1, 0.15) is 26.7 Å². The predicted octanol–water partition coefficient (Wildman–Crippen LogP) is 1.26. The molecule has 0 aliphatic carbocycles. The van der Waals surface area contributed by atoms with Crippen molar-refractivity contribution in [1.82, 2.24) is 0 Å². The van der Waals surface area contributed by atoms with Crippen LogP contribution in [0.3, 0.4) is 0 Å². The van der Waals surface area contributed by atoms with Crippen molar-refractivity contribution in [1.29, 1.82) is 0 Å². The maximum absolute atomic E-state index is 9.26. The van der Waals surface area contributed by atoms with Crippen molar-refractivity contribution in [2.24, 2.45) is 11.7 Å². The molecule has 0 amide bonds. The molecule has 10 heavy (non-hydrogen) atoms. The number of rotatable bonds is 4. The molecule has 0 aliphatic rings. The zero-order valence-electron chi connectivity index (χ0n) is 6.80. The summed E-state index contributed by atoms with van der Waals surface area (Å²) < 4.78 is 0. The molecule has 0 saturated carbocycles. The Bertz CT molecular complexity index is 104. The smallest absolute Gasteiger partial charge is 0.113 e. The highest BCUT2D eigenvalue weighted by molar-refractivity contribution is 4.75. The lowest BCUT2D eigenvalue weighted by Crippen LogP contribution is -2.42. The van der Waals surface area contributed by atoms with Crippen molar-refractivity contribution in [2.75, 3.05) is 0 Å². The summed E-state index contributed by atoms with van der Waals surface area (Å²) in [5.41, 5.74) is 4.40. The summed E-state index contributed by atoms with van der Waals surface area (Å²) in [6.45, 7) is 7.15. The second kappa shape index (κ2) is 3.74. The van der Waals surface area contributed by atoms with E-state index in [-0.39, 0.29) is 5.92 Å². The van der Waals surface area contributed by atoms with Crippen LogP contribution in [0.5, 0.6) is 0 Å². The van der Waals surface area contributed by atoms with Gasteiger partial charge in [0.25, 0.3) is 0 Å². The number of hydrogen-bond donors (Lipinski definition) is 2. The zero-order valence-corrected chi connectivity index (χ0v) is 6.80. The summed E-state index contributed by atoms with van der Waals surface area (Å²) in [5, 5.41) is 9.26. The van der Waals surface area contributed by atoms with Crippen molar-refractivity contribution >= 4 is 0 Å². The van der Waals surface area contributed by atoms with Crippen molar-refractivity contribution in [3.05, 3.63) is 12.7 Å². The SMILES string of the molecule is C=CCCC(C)C(C)(N)O. The fraction of sp³-hybridized carbons (Fsp3) is 0.750. The van der Waals surface area contributed by atoms with Gasteiger partial charge in [0.1, 0.15) is 5.72 Å². The summed E-state index contributed by atoms with van der Waals surface area (Å²) in [6, 6.07) is 0. The minimum Gasteiger partial charge on any atom is -0.376 e. The molecule has 0 aliphatic heterocycles. The second-order valence-corrected chi connectivity index (χ2v) is 2.99. The van der Waals surface area contributed by atoms with E-state index in [4.69, 9.17) is 5.73 Å². The van der Waals surface area contributed by atoms with Crippen LogP contribution in [0.4, 0.5) is 0 Å². The molecule has 0 heterocycles. The third kappa shape index (κ3) is 3.64. The number of allylic oxidation sites excluding steroid dienone is 1. The number of aliphatic hydroxyl groups is 1. The van der Waals surface area contributed by atoms with Gasteiger partial charge in [0.2, 0.25) is 0 Å². The van der Waals surface area contributed by atoms with Gasteiger partial charge in [-0.2, -0.15) is 0 Å². The Morgan fingerprint density at radius 3 is 2.60 bits per heavy atom. The van der Waals surface area contributed by atoms with E-state index in [2.05, 4.69) is 6.58 Å². The van der Waals surface area contributed by atoms with E-state index in [9.17, 15) is 5.11 Å². The number of hydrogen-bond acceptors (Lipinski definition) is 2. The molecule has 60 valence electrons. The Labute approximate surface area is 62.7 Å². The average molecular weight is 143 g/mol. The molecule has 3 N–H and O–H groups in total. The zero-order chi connectivity index (χ0) is 8.20. The van der Waals surface area contributed by atoms with Gasteiger partial charge >= 0.3 is 0 Å². The molecule has 0 radical (unpaired) electrons. The molecule has 0 spiro atoms. The first-order valence-corrected chi connectivity index (χ1v) is 3.60. The Kier molecular flexibility index (Phi) is 3.61. The van der Waals surface area contributed by atoms with E-state index in [1.165, 1.54) is 0 Å². The molecule has 0 aromatic carbocycles. The Balaban J connectivity index is 3.61. The van der Waals surface area contributed by atoms with Crippen molar-refractivity contribution < 1.29 is 5.11 Å². The lowest BCUT2D eigenvalue weighted by Gasteiger charge is -2.24. The summed E-state index contributed by atoms with van der Waals surface area (Å²) >= 11 is 0. The third-order valence-corrected chi connectivity index (χ3v) is 1.80. The average Bonchev–Trinajstić information content (AvgIpc) is 1.80. The van der Waals surface area contributed by atoms with E-state index < -0.39 is 5.72 Å². The van der Waals surface area contributed by atoms with Gasteiger partial charge in [-0.25, -0.2) is 0 Å². The second-order valence-electron chi connectivity index (χ2n) is 2.99. The van der Waals surface area contributed by atoms with Gasteiger partial charge in [-0.1, -0.05) is 13.0 Å². The van der Waals surface area contributed by atoms with Gasteiger partial charge in [0.05, 0.1) is 0 Å². The van der Waals surface area contributed by atoms with Crippen molar-refractivity contribution in [3.63, 3.8) is 0 Å². The molecule has 0 aromatic heterocycles. The Hall–Kier alpha value is -0.340. The highest BCUT2D eigenvalue weighted by Gasteiger charge is 2.21. The van der Waals surface area contributed by atoms with E-state index in [0.29, 0.717) is 0 Å². The molecule has 0 aromatic rings. The summed E-state index contributed by atoms with van der Waals surface area (Å²) in [4.78, 5) is 0. The van der Waals surface area contributed by atoms with Crippen LogP contribution in [-0.2, 0) is 0 Å². The fourth-order valence-corrected chi connectivity index (χ4v) is 0.660. The summed E-state index contributed by atoms with van der Waals surface area (Å²) in [6.07, 6.45) is 3.64. The highest BCUT2D eigenvalue weighted by atomic mass is 16.3. The van der Waals surface area contributed by atoms with Crippen LogP contribution in [-0.4, -0.2) is 10.8 Å². The topological polar surface area (TPSA) is 46.2 Å². The first-order valence-electron chi connectivity index (χ1n) is 3.60. The molecule has 0 saturated heterocycles. The van der Waals surface area contributed by atoms with Gasteiger partial charge in [-0.3, -0.25) is 0 Å². The van der Waals surface area contributed by atoms with E-state index in [1.807, 2.05) is 13.0 Å². The summed E-state index contributed by atoms with van der Waals surface area (Å²) in [7, 11) is 0. The van der Waals surface area contributed by atoms with Gasteiger partial charge in [0, 0.05) is 0 Å². The van der Waals surface area contributed by atoms with Gasteiger partial charge in [-0.15, -0.1) is 6.58 Å². The maximum Gasteiger partial charge on any atom is 0.113 e. The molecule has 2 unspecified atom stereocenters. The monoisotopic (exact) mass is 143 g/mol. The molecular formula is C8H17NO. The maximum atomic E-state index is 9.26. The van der Waals surface area contributed by atoms with E-state index >= 15 is 0 Å². The molecule has 0 fully saturated rings. The first kappa shape index (κ1) is 9.66. The van der Waals surface area contributed by atoms with Crippen LogP contribution in [0, 0.1) is 5.92 Å². The largest absolute Gasteiger partial charge is 0.376 e. The molecule has 0 rings (SSSR count). The third-order valence-electron chi connectivity index (χ3n) is 1.80. The van der Waals surface area contributed by atoms with Gasteiger partial charge < -0.3 is 10.8 Å². The minimum absolute atomic E-state index is 0.130. The molecule has 2 atom stereocenters. The van der Waals surface area contributed by atoms with E-state index in [0.717, 1.165) is 12.8 Å². The fourth-order valence-electron chi connectivity index (χ4n) is 0.660. The molecule has 2 heteroatoms. The lowest BCUT2D eigenvalue weighted by atomic mass is 9.95. The number of nitrogens with two attached hydrogens (primary N) is 1. The summed E-state index contributed by atoms with van der Waals surface area (Å²) in [5.74, 6) is 0.130. The van der Waals surface area contributed by atoms with Crippen molar-refractivity contribution in [3.8, 4) is 0 Å². The van der Waals surface area contributed by atoms with Crippen LogP contribution < -0.4 is 5.73 Å². The Morgan fingerprint density at radius 2 is 2.30 bits per heavy atom. The van der Waals surface area contributed by atoms with Crippen LogP contribution in [0.15, 0.2) is 12.7 Å². The normalized spacial score (nSPS) is 19.6. The Morgan fingerprint density at radius 1 is 1.80 bits per heavy atom. The van der Waals surface area contributed by atoms with Crippen LogP contribution in [0.25, 0.3) is 0 Å². The van der Waals surface area contributed by atoms with E-state index in [1.54, 1.807) is 6.92 Å². The molecule has 0 bridgehead atoms. The minimum atomic E-state index is -1.04. The van der Waals surface area contributed by atoms with Crippen LogP contribution in [0.2, 0.25) is 0 Å². The quantitative estimate of drug-likeness (QED) is 0.459. The predicted molar refractivity (Wildman–Crippen MR) is 43.4 cm³/mol. The standard InChI is InChI=1S/C8H17NO/c1-4-5-6-7(2)8(3,9)10/h4,7,10H,1,5-6,9H2,2-3H3. The molecular weight excluding hydrogens is 126 g/mol. The van der Waals surface area contributed by atoms with Crippen LogP contribution >= 0.6 is 0 Å². The molecule has 2 nitrogen and oxygen atoms in total. The highest BCUT2D eigenvalue weighted by Crippen LogP contribution is 2.15.